The summed E-state index contributed by atoms with van der Waals surface area (Å²) in [4.78, 5) is 13.5. The molecule has 0 saturated heterocycles. The Bertz CT molecular complexity index is 898. The number of halogens is 3. The summed E-state index contributed by atoms with van der Waals surface area (Å²) < 4.78 is 38.6. The Morgan fingerprint density at radius 3 is 2.39 bits per heavy atom. The molecule has 4 aliphatic carbocycles. The molecule has 1 aromatic carbocycles. The number of hydrogen-bond donors (Lipinski definition) is 0. The Hall–Kier alpha value is -1.58. The van der Waals surface area contributed by atoms with Crippen molar-refractivity contribution in [1.29, 1.82) is 0 Å². The van der Waals surface area contributed by atoms with Gasteiger partial charge in [-0.2, -0.15) is 13.2 Å². The first-order valence-corrected chi connectivity index (χ1v) is 12.1. The molecule has 0 radical (unpaired) electrons. The van der Waals surface area contributed by atoms with Gasteiger partial charge in [-0.1, -0.05) is 38.8 Å². The van der Waals surface area contributed by atoms with E-state index in [2.05, 4.69) is 13.8 Å². The van der Waals surface area contributed by atoms with E-state index in [0.717, 1.165) is 48.8 Å². The summed E-state index contributed by atoms with van der Waals surface area (Å²) in [5.41, 5.74) is 1.01. The van der Waals surface area contributed by atoms with E-state index in [1.807, 2.05) is 6.08 Å². The van der Waals surface area contributed by atoms with Crippen molar-refractivity contribution in [2.24, 2.45) is 34.5 Å². The third-order valence-electron chi connectivity index (χ3n) is 9.80. The van der Waals surface area contributed by atoms with Gasteiger partial charge in [0.25, 0.3) is 0 Å². The van der Waals surface area contributed by atoms with Gasteiger partial charge in [0, 0.05) is 5.41 Å². The molecule has 6 atom stereocenters. The van der Waals surface area contributed by atoms with Crippen molar-refractivity contribution in [1.82, 2.24) is 0 Å². The number of carbonyl (C=O) groups excluding carboxylic acids is 1. The fourth-order valence-electron chi connectivity index (χ4n) is 8.06. The number of benzene rings is 1. The highest BCUT2D eigenvalue weighted by Crippen LogP contribution is 2.66. The lowest BCUT2D eigenvalue weighted by atomic mass is 9.45. The van der Waals surface area contributed by atoms with Crippen LogP contribution in [0.2, 0.25) is 0 Å². The first-order valence-electron chi connectivity index (χ1n) is 12.1. The minimum atomic E-state index is -4.33. The average Bonchev–Trinajstić information content (AvgIpc) is 2.98. The molecular weight excluding hydrogens is 397 g/mol. The van der Waals surface area contributed by atoms with Crippen molar-refractivity contribution in [3.8, 4) is 0 Å². The second-order valence-corrected chi connectivity index (χ2v) is 11.2. The van der Waals surface area contributed by atoms with Crippen molar-refractivity contribution < 1.29 is 18.0 Å². The lowest BCUT2D eigenvalue weighted by Gasteiger charge is -2.59. The predicted octanol–water partition coefficient (Wildman–Crippen LogP) is 7.70. The van der Waals surface area contributed by atoms with Gasteiger partial charge in [0.15, 0.2) is 5.78 Å². The number of Topliss-reactive ketones (excluding diaryl/α,β-unsaturated/α-hetero) is 1. The van der Waals surface area contributed by atoms with Crippen LogP contribution in [0.3, 0.4) is 0 Å². The summed E-state index contributed by atoms with van der Waals surface area (Å²) >= 11 is 0. The molecule has 0 amide bonds. The molecule has 4 saturated carbocycles. The standard InChI is InChI=1S/C27H33F3O/c1-25-13-4-3-5-19(25)10-11-21-22(25)12-14-26(2)23(21)16-18(24(26)31)15-17-6-8-20(9-7-17)27(28,29)30/h6-9,15,19,21-23H,3-5,10-14,16H2,1-2H3/b18-15+/t19-,21+,22-,23-,25-,26+/m1/s1. The van der Waals surface area contributed by atoms with E-state index in [4.69, 9.17) is 0 Å². The summed E-state index contributed by atoms with van der Waals surface area (Å²) in [5, 5.41) is 0. The average molecular weight is 431 g/mol. The van der Waals surface area contributed by atoms with Gasteiger partial charge in [0.2, 0.25) is 0 Å². The van der Waals surface area contributed by atoms with Crippen molar-refractivity contribution >= 4 is 11.9 Å². The zero-order valence-electron chi connectivity index (χ0n) is 18.6. The number of allylic oxidation sites excluding steroid dienone is 1. The number of hydrogen-bond acceptors (Lipinski definition) is 1. The Kier molecular flexibility index (Phi) is 4.95. The zero-order valence-corrected chi connectivity index (χ0v) is 18.6. The highest BCUT2D eigenvalue weighted by molar-refractivity contribution is 6.05. The van der Waals surface area contributed by atoms with Crippen LogP contribution in [-0.4, -0.2) is 5.78 Å². The highest BCUT2D eigenvalue weighted by atomic mass is 19.4. The molecule has 0 aliphatic heterocycles. The Balaban J connectivity index is 1.42. The third kappa shape index (κ3) is 3.31. The molecule has 4 fully saturated rings. The predicted molar refractivity (Wildman–Crippen MR) is 116 cm³/mol. The summed E-state index contributed by atoms with van der Waals surface area (Å²) in [6.07, 6.45) is 8.40. The van der Waals surface area contributed by atoms with Crippen LogP contribution in [0, 0.1) is 34.5 Å². The first-order chi connectivity index (χ1) is 14.6. The van der Waals surface area contributed by atoms with Crippen molar-refractivity contribution in [3.05, 3.63) is 41.0 Å². The molecule has 0 bridgehead atoms. The van der Waals surface area contributed by atoms with Crippen LogP contribution >= 0.6 is 0 Å². The number of carbonyl (C=O) groups is 1. The largest absolute Gasteiger partial charge is 0.416 e. The van der Waals surface area contributed by atoms with Crippen molar-refractivity contribution in [2.45, 2.75) is 77.8 Å². The van der Waals surface area contributed by atoms with E-state index < -0.39 is 11.7 Å². The van der Waals surface area contributed by atoms with Crippen LogP contribution in [0.25, 0.3) is 6.08 Å². The second kappa shape index (κ2) is 7.22. The maximum atomic E-state index is 13.5. The van der Waals surface area contributed by atoms with Gasteiger partial charge in [-0.25, -0.2) is 0 Å². The van der Waals surface area contributed by atoms with Crippen LogP contribution in [0.1, 0.15) is 82.8 Å². The number of alkyl halides is 3. The normalized spacial score (nSPS) is 41.6. The Labute approximate surface area is 183 Å². The van der Waals surface area contributed by atoms with Gasteiger partial charge < -0.3 is 0 Å². The molecule has 31 heavy (non-hydrogen) atoms. The molecular formula is C27H33F3O. The topological polar surface area (TPSA) is 17.1 Å². The van der Waals surface area contributed by atoms with E-state index in [0.29, 0.717) is 22.8 Å². The van der Waals surface area contributed by atoms with Crippen LogP contribution in [0.15, 0.2) is 29.8 Å². The van der Waals surface area contributed by atoms with E-state index in [1.165, 1.54) is 50.7 Å². The van der Waals surface area contributed by atoms with E-state index in [-0.39, 0.29) is 11.2 Å². The maximum Gasteiger partial charge on any atom is 0.416 e. The molecule has 5 rings (SSSR count). The van der Waals surface area contributed by atoms with Crippen LogP contribution in [0.5, 0.6) is 0 Å². The van der Waals surface area contributed by atoms with Crippen LogP contribution < -0.4 is 0 Å². The highest BCUT2D eigenvalue weighted by Gasteiger charge is 2.60. The fourth-order valence-corrected chi connectivity index (χ4v) is 8.06. The molecule has 0 heterocycles. The summed E-state index contributed by atoms with van der Waals surface area (Å²) in [6.45, 7) is 4.70. The van der Waals surface area contributed by atoms with Gasteiger partial charge in [0.05, 0.1) is 5.56 Å². The van der Waals surface area contributed by atoms with Crippen molar-refractivity contribution in [2.75, 3.05) is 0 Å². The summed E-state index contributed by atoms with van der Waals surface area (Å²) in [6, 6.07) is 5.21. The molecule has 4 heteroatoms. The minimum Gasteiger partial charge on any atom is -0.294 e. The number of ketones is 1. The van der Waals surface area contributed by atoms with Gasteiger partial charge in [-0.3, -0.25) is 4.79 Å². The molecule has 1 nitrogen and oxygen atoms in total. The van der Waals surface area contributed by atoms with E-state index in [9.17, 15) is 18.0 Å². The van der Waals surface area contributed by atoms with E-state index in [1.54, 1.807) is 0 Å². The lowest BCUT2D eigenvalue weighted by Crippen LogP contribution is -2.52. The van der Waals surface area contributed by atoms with Crippen LogP contribution in [-0.2, 0) is 11.0 Å². The van der Waals surface area contributed by atoms with E-state index >= 15 is 0 Å². The fraction of sp³-hybridized carbons (Fsp3) is 0.667. The third-order valence-corrected chi connectivity index (χ3v) is 9.80. The molecule has 0 unspecified atom stereocenters. The summed E-state index contributed by atoms with van der Waals surface area (Å²) in [7, 11) is 0. The van der Waals surface area contributed by atoms with Gasteiger partial charge in [0.1, 0.15) is 0 Å². The molecule has 0 N–H and O–H groups in total. The number of fused-ring (bicyclic) bond motifs is 5. The zero-order chi connectivity index (χ0) is 22.0. The monoisotopic (exact) mass is 430 g/mol. The Morgan fingerprint density at radius 1 is 0.935 bits per heavy atom. The Morgan fingerprint density at radius 2 is 1.68 bits per heavy atom. The van der Waals surface area contributed by atoms with Gasteiger partial charge in [-0.05, 0) is 103 Å². The summed E-state index contributed by atoms with van der Waals surface area (Å²) in [5.74, 6) is 2.82. The quantitative estimate of drug-likeness (QED) is 0.417. The molecule has 1 aromatic rings. The first kappa shape index (κ1) is 21.3. The number of rotatable bonds is 1. The van der Waals surface area contributed by atoms with Crippen molar-refractivity contribution in [3.63, 3.8) is 0 Å². The van der Waals surface area contributed by atoms with Crippen LogP contribution in [0.4, 0.5) is 13.2 Å². The molecule has 0 aromatic heterocycles. The lowest BCUT2D eigenvalue weighted by molar-refractivity contribution is -0.138. The maximum absolute atomic E-state index is 13.5. The molecule has 0 spiro atoms. The minimum absolute atomic E-state index is 0.242. The molecule has 4 aliphatic rings. The van der Waals surface area contributed by atoms with Gasteiger partial charge >= 0.3 is 6.18 Å². The van der Waals surface area contributed by atoms with Gasteiger partial charge in [-0.15, -0.1) is 0 Å². The molecule has 168 valence electrons. The second-order valence-electron chi connectivity index (χ2n) is 11.2. The smallest absolute Gasteiger partial charge is 0.294 e. The SMILES string of the molecule is C[C@@]12CCCC[C@@H]1CC[C@H]1[C@H]2CC[C@]2(C)C(=O)/C(=C/c3ccc(C(F)(F)F)cc3)C[C@H]12.